The maximum absolute atomic E-state index is 12.8. The summed E-state index contributed by atoms with van der Waals surface area (Å²) in [6.45, 7) is 6.38. The van der Waals surface area contributed by atoms with Gasteiger partial charge in [-0.1, -0.05) is 239 Å². The maximum atomic E-state index is 12.8. The number of rotatable bonds is 51. The second-order valence-electron chi connectivity index (χ2n) is 18.8. The van der Waals surface area contributed by atoms with Crippen molar-refractivity contribution in [3.63, 3.8) is 0 Å². The van der Waals surface area contributed by atoms with Gasteiger partial charge in [-0.15, -0.1) is 0 Å². The van der Waals surface area contributed by atoms with E-state index in [0.29, 0.717) is 19.3 Å². The lowest BCUT2D eigenvalue weighted by Gasteiger charge is -2.18. The summed E-state index contributed by atoms with van der Waals surface area (Å²) in [7, 11) is 0. The minimum Gasteiger partial charge on any atom is -0.462 e. The lowest BCUT2D eigenvalue weighted by molar-refractivity contribution is -0.166. The average Bonchev–Trinajstić information content (AvgIpc) is 3.37. The van der Waals surface area contributed by atoms with E-state index in [9.17, 15) is 14.4 Å². The molecule has 0 radical (unpaired) electrons. The normalized spacial score (nSPS) is 13.0. The van der Waals surface area contributed by atoms with E-state index in [4.69, 9.17) is 14.2 Å². The fourth-order valence-electron chi connectivity index (χ4n) is 7.61. The van der Waals surface area contributed by atoms with E-state index in [1.165, 1.54) is 96.3 Å². The van der Waals surface area contributed by atoms with Crippen LogP contribution in [0.2, 0.25) is 0 Å². The van der Waals surface area contributed by atoms with Crippen LogP contribution in [0.4, 0.5) is 0 Å². The van der Waals surface area contributed by atoms with Gasteiger partial charge < -0.3 is 14.2 Å². The van der Waals surface area contributed by atoms with Gasteiger partial charge in [0, 0.05) is 12.8 Å². The Hall–Kier alpha value is -4.19. The van der Waals surface area contributed by atoms with Crippen LogP contribution in [0, 0.1) is 0 Å². The van der Waals surface area contributed by atoms with E-state index >= 15 is 0 Å². The summed E-state index contributed by atoms with van der Waals surface area (Å²) in [5.74, 6) is -1.08. The Bertz CT molecular complexity index is 1500. The number of hydrogen-bond acceptors (Lipinski definition) is 6. The molecule has 71 heavy (non-hydrogen) atoms. The van der Waals surface area contributed by atoms with Crippen LogP contribution in [0.1, 0.15) is 252 Å². The van der Waals surface area contributed by atoms with Crippen molar-refractivity contribution in [3.05, 3.63) is 122 Å². The van der Waals surface area contributed by atoms with Gasteiger partial charge in [-0.2, -0.15) is 0 Å². The fourth-order valence-corrected chi connectivity index (χ4v) is 7.61. The zero-order chi connectivity index (χ0) is 51.4. The molecular formula is C65H106O6. The Kier molecular flexibility index (Phi) is 54.9. The number of esters is 3. The molecule has 0 N–H and O–H groups in total. The molecule has 0 bridgehead atoms. The lowest BCUT2D eigenvalue weighted by Crippen LogP contribution is -2.30. The molecule has 0 spiro atoms. The summed E-state index contributed by atoms with van der Waals surface area (Å²) in [4.78, 5) is 38.1. The van der Waals surface area contributed by atoms with Crippen molar-refractivity contribution in [3.8, 4) is 0 Å². The molecule has 0 aliphatic heterocycles. The third-order valence-electron chi connectivity index (χ3n) is 12.0. The molecule has 0 aromatic rings. The summed E-state index contributed by atoms with van der Waals surface area (Å²) in [6.07, 6.45) is 80.7. The minimum absolute atomic E-state index is 0.0879. The SMILES string of the molecule is CC/C=C\C/C=C\C/C=C\C/C=C\C/C=C\CC(=O)OC(COC(=O)CCCCCCC/C=C\C/C=C\CCCCC)COC(=O)CCCCCCCCCC/C=C\C/C=C\C/C=C\CCCCCCC. The maximum Gasteiger partial charge on any atom is 0.310 e. The predicted octanol–water partition coefficient (Wildman–Crippen LogP) is 19.6. The first kappa shape index (κ1) is 66.8. The third kappa shape index (κ3) is 56.6. The number of carbonyl (C=O) groups is 3. The number of ether oxygens (including phenoxy) is 3. The van der Waals surface area contributed by atoms with Crippen molar-refractivity contribution in [1.29, 1.82) is 0 Å². The first-order valence-corrected chi connectivity index (χ1v) is 29.0. The molecule has 1 unspecified atom stereocenters. The third-order valence-corrected chi connectivity index (χ3v) is 12.0. The molecule has 0 aliphatic carbocycles. The first-order chi connectivity index (χ1) is 35.0. The molecule has 0 heterocycles. The van der Waals surface area contributed by atoms with Crippen LogP contribution in [-0.2, 0) is 28.6 Å². The Balaban J connectivity index is 4.48. The molecule has 0 saturated heterocycles. The largest absolute Gasteiger partial charge is 0.462 e. The molecule has 0 aromatic heterocycles. The van der Waals surface area contributed by atoms with Crippen LogP contribution >= 0.6 is 0 Å². The van der Waals surface area contributed by atoms with Gasteiger partial charge in [-0.3, -0.25) is 14.4 Å². The predicted molar refractivity (Wildman–Crippen MR) is 306 cm³/mol. The number of hydrogen-bond donors (Lipinski definition) is 0. The van der Waals surface area contributed by atoms with Gasteiger partial charge in [0.05, 0.1) is 6.42 Å². The summed E-state index contributed by atoms with van der Waals surface area (Å²) in [5, 5.41) is 0. The summed E-state index contributed by atoms with van der Waals surface area (Å²) >= 11 is 0. The van der Waals surface area contributed by atoms with E-state index in [0.717, 1.165) is 109 Å². The van der Waals surface area contributed by atoms with Crippen LogP contribution in [0.3, 0.4) is 0 Å². The molecule has 402 valence electrons. The summed E-state index contributed by atoms with van der Waals surface area (Å²) in [6, 6.07) is 0. The van der Waals surface area contributed by atoms with Gasteiger partial charge in [-0.05, 0) is 116 Å². The number of allylic oxidation sites excluding steroid dienone is 19. The second-order valence-corrected chi connectivity index (χ2v) is 18.8. The van der Waals surface area contributed by atoms with E-state index in [1.54, 1.807) is 6.08 Å². The van der Waals surface area contributed by atoms with Gasteiger partial charge in [0.2, 0.25) is 0 Å². The van der Waals surface area contributed by atoms with Crippen molar-refractivity contribution >= 4 is 17.9 Å². The standard InChI is InChI=1S/C65H106O6/c1-4-7-10-13-16-19-22-25-28-29-30-31-32-33-34-35-38-40-43-46-49-52-55-58-64(67)70-61-62(71-65(68)59-56-53-50-47-44-41-37-27-24-21-18-15-12-9-6-3)60-69-63(66)57-54-51-48-45-42-39-36-26-23-20-17-14-11-8-5-2/h9,12,17-18,20-22,25-27,29-30,32-33,36-37,44,47,53,56,62H,4-8,10-11,13-16,19,23-24,28,31,34-35,38-43,45-46,48-52,54-55,57-61H2,1-3H3/b12-9-,20-17-,21-18-,25-22-,30-29-,33-32-,36-26-,37-27-,47-44-,56-53-. The van der Waals surface area contributed by atoms with Crippen LogP contribution in [0.5, 0.6) is 0 Å². The molecule has 6 heteroatoms. The molecule has 0 aromatic carbocycles. The Morgan fingerprint density at radius 3 is 0.958 bits per heavy atom. The number of carbonyl (C=O) groups excluding carboxylic acids is 3. The molecule has 0 saturated carbocycles. The summed E-state index contributed by atoms with van der Waals surface area (Å²) in [5.41, 5.74) is 0. The first-order valence-electron chi connectivity index (χ1n) is 29.0. The molecule has 0 aliphatic rings. The fraction of sp³-hybridized carbons (Fsp3) is 0.646. The van der Waals surface area contributed by atoms with Gasteiger partial charge in [0.1, 0.15) is 13.2 Å². The van der Waals surface area contributed by atoms with E-state index < -0.39 is 12.1 Å². The minimum atomic E-state index is -0.845. The highest BCUT2D eigenvalue weighted by Gasteiger charge is 2.19. The highest BCUT2D eigenvalue weighted by molar-refractivity contribution is 5.72. The van der Waals surface area contributed by atoms with Gasteiger partial charge >= 0.3 is 17.9 Å². The topological polar surface area (TPSA) is 78.9 Å². The van der Waals surface area contributed by atoms with Crippen molar-refractivity contribution in [2.24, 2.45) is 0 Å². The Morgan fingerprint density at radius 1 is 0.310 bits per heavy atom. The van der Waals surface area contributed by atoms with Crippen LogP contribution < -0.4 is 0 Å². The van der Waals surface area contributed by atoms with Gasteiger partial charge in [0.15, 0.2) is 6.10 Å². The molecule has 6 nitrogen and oxygen atoms in total. The monoisotopic (exact) mass is 983 g/mol. The van der Waals surface area contributed by atoms with Crippen molar-refractivity contribution in [2.75, 3.05) is 13.2 Å². The van der Waals surface area contributed by atoms with Gasteiger partial charge in [0.25, 0.3) is 0 Å². The van der Waals surface area contributed by atoms with Crippen molar-refractivity contribution in [1.82, 2.24) is 0 Å². The average molecular weight is 984 g/mol. The highest BCUT2D eigenvalue weighted by Crippen LogP contribution is 2.13. The molecule has 0 fully saturated rings. The van der Waals surface area contributed by atoms with Crippen molar-refractivity contribution in [2.45, 2.75) is 258 Å². The zero-order valence-corrected chi connectivity index (χ0v) is 45.9. The summed E-state index contributed by atoms with van der Waals surface area (Å²) < 4.78 is 16.7. The Morgan fingerprint density at radius 2 is 0.592 bits per heavy atom. The van der Waals surface area contributed by atoms with E-state index in [-0.39, 0.29) is 31.6 Å². The molecule has 1 atom stereocenters. The quantitative estimate of drug-likeness (QED) is 0.0261. The van der Waals surface area contributed by atoms with Crippen LogP contribution in [0.15, 0.2) is 122 Å². The molecule has 0 amide bonds. The van der Waals surface area contributed by atoms with Crippen molar-refractivity contribution < 1.29 is 28.6 Å². The van der Waals surface area contributed by atoms with Crippen LogP contribution in [-0.4, -0.2) is 37.2 Å². The smallest absolute Gasteiger partial charge is 0.310 e. The number of unbranched alkanes of at least 4 members (excludes halogenated alkanes) is 21. The van der Waals surface area contributed by atoms with E-state index in [2.05, 4.69) is 130 Å². The molecular weight excluding hydrogens is 877 g/mol. The van der Waals surface area contributed by atoms with Gasteiger partial charge in [-0.25, -0.2) is 0 Å². The highest BCUT2D eigenvalue weighted by atomic mass is 16.6. The molecule has 0 rings (SSSR count). The second kappa shape index (κ2) is 58.4. The lowest BCUT2D eigenvalue weighted by atomic mass is 10.1. The zero-order valence-electron chi connectivity index (χ0n) is 45.9. The van der Waals surface area contributed by atoms with E-state index in [1.807, 2.05) is 6.08 Å². The van der Waals surface area contributed by atoms with Crippen LogP contribution in [0.25, 0.3) is 0 Å². The Labute approximate surface area is 437 Å².